The lowest BCUT2D eigenvalue weighted by Gasteiger charge is -2.59. The van der Waals surface area contributed by atoms with Crippen molar-refractivity contribution < 1.29 is 4.74 Å². The molecule has 0 saturated carbocycles. The van der Waals surface area contributed by atoms with Crippen LogP contribution in [0.25, 0.3) is 0 Å². The lowest BCUT2D eigenvalue weighted by molar-refractivity contribution is -0.0320. The first kappa shape index (κ1) is 25.4. The van der Waals surface area contributed by atoms with Gasteiger partial charge in [-0.05, 0) is 68.1 Å². The zero-order chi connectivity index (χ0) is 25.6. The lowest BCUT2D eigenvalue weighted by Crippen LogP contribution is -2.65. The van der Waals surface area contributed by atoms with Gasteiger partial charge in [0.25, 0.3) is 0 Å². The highest BCUT2D eigenvalue weighted by atomic mass is 16.5. The topological polar surface area (TPSA) is 25.4 Å². The first-order chi connectivity index (χ1) is 18.2. The van der Waals surface area contributed by atoms with Crippen LogP contribution in [0.2, 0.25) is 0 Å². The summed E-state index contributed by atoms with van der Waals surface area (Å²) >= 11 is 0. The molecule has 3 heteroatoms. The second-order valence-corrected chi connectivity index (χ2v) is 10.3. The zero-order valence-electron chi connectivity index (χ0n) is 22.1. The number of rotatable bonds is 9. The normalized spacial score (nSPS) is 20.4. The second kappa shape index (κ2) is 11.4. The van der Waals surface area contributed by atoms with Gasteiger partial charge in [0.05, 0.1) is 6.10 Å². The maximum Gasteiger partial charge on any atom is 0.0652 e. The van der Waals surface area contributed by atoms with E-state index in [0.29, 0.717) is 0 Å². The van der Waals surface area contributed by atoms with Crippen molar-refractivity contribution in [1.82, 2.24) is 9.88 Å². The Morgan fingerprint density at radius 3 is 1.89 bits per heavy atom. The molecule has 0 bridgehead atoms. The first-order valence-corrected chi connectivity index (χ1v) is 13.5. The molecule has 3 nitrogen and oxygen atoms in total. The van der Waals surface area contributed by atoms with Crippen LogP contribution >= 0.6 is 0 Å². The molecule has 5 rings (SSSR count). The van der Waals surface area contributed by atoms with E-state index in [4.69, 9.17) is 4.74 Å². The summed E-state index contributed by atoms with van der Waals surface area (Å²) in [7, 11) is 1.87. The van der Waals surface area contributed by atoms with Crippen molar-refractivity contribution in [2.45, 2.75) is 43.1 Å². The number of benzene rings is 3. The van der Waals surface area contributed by atoms with E-state index >= 15 is 0 Å². The largest absolute Gasteiger partial charge is 0.381 e. The summed E-state index contributed by atoms with van der Waals surface area (Å²) in [5.74, 6) is 0. The molecule has 190 valence electrons. The van der Waals surface area contributed by atoms with E-state index in [2.05, 4.69) is 120 Å². The summed E-state index contributed by atoms with van der Waals surface area (Å²) in [6, 6.07) is 39.6. The van der Waals surface area contributed by atoms with E-state index in [1.165, 1.54) is 22.4 Å². The Hall–Kier alpha value is -3.27. The van der Waals surface area contributed by atoms with E-state index in [1.54, 1.807) is 0 Å². The predicted molar refractivity (Wildman–Crippen MR) is 152 cm³/mol. The highest BCUT2D eigenvalue weighted by Crippen LogP contribution is 2.56. The van der Waals surface area contributed by atoms with E-state index in [9.17, 15) is 0 Å². The Bertz CT molecular complexity index is 1190. The zero-order valence-corrected chi connectivity index (χ0v) is 22.1. The van der Waals surface area contributed by atoms with Crippen molar-refractivity contribution in [2.75, 3.05) is 26.7 Å². The summed E-state index contributed by atoms with van der Waals surface area (Å²) in [6.07, 6.45) is 5.02. The highest BCUT2D eigenvalue weighted by molar-refractivity contribution is 5.51. The number of ether oxygens (including phenoxy) is 1. The van der Waals surface area contributed by atoms with Crippen LogP contribution in [0.15, 0.2) is 115 Å². The Morgan fingerprint density at radius 1 is 0.784 bits per heavy atom. The van der Waals surface area contributed by atoms with E-state index in [0.717, 1.165) is 38.9 Å². The molecule has 4 aromatic rings. The molecule has 0 amide bonds. The van der Waals surface area contributed by atoms with Gasteiger partial charge >= 0.3 is 0 Å². The predicted octanol–water partition coefficient (Wildman–Crippen LogP) is 6.68. The Labute approximate surface area is 222 Å². The van der Waals surface area contributed by atoms with Crippen LogP contribution in [0.1, 0.15) is 42.1 Å². The van der Waals surface area contributed by atoms with Gasteiger partial charge in [-0.2, -0.15) is 0 Å². The minimum atomic E-state index is -0.282. The third kappa shape index (κ3) is 4.74. The SMILES string of the molecule is COC(C)C1(c2ccccc2)CCN(CCCc2ccccn2)CC1(c1ccccc1)c1ccccc1. The van der Waals surface area contributed by atoms with Crippen molar-refractivity contribution in [1.29, 1.82) is 0 Å². The number of hydrogen-bond donors (Lipinski definition) is 0. The summed E-state index contributed by atoms with van der Waals surface area (Å²) in [5.41, 5.74) is 4.71. The van der Waals surface area contributed by atoms with E-state index in [-0.39, 0.29) is 16.9 Å². The Morgan fingerprint density at radius 2 is 1.35 bits per heavy atom. The average Bonchev–Trinajstić information content (AvgIpc) is 2.98. The molecule has 1 aliphatic rings. The van der Waals surface area contributed by atoms with Gasteiger partial charge in [0.15, 0.2) is 0 Å². The van der Waals surface area contributed by atoms with Gasteiger partial charge in [0.1, 0.15) is 0 Å². The molecule has 1 aliphatic heterocycles. The number of aryl methyl sites for hydroxylation is 1. The van der Waals surface area contributed by atoms with Gasteiger partial charge in [0.2, 0.25) is 0 Å². The summed E-state index contributed by atoms with van der Waals surface area (Å²) < 4.78 is 6.29. The maximum atomic E-state index is 6.29. The minimum Gasteiger partial charge on any atom is -0.381 e. The molecule has 2 atom stereocenters. The van der Waals surface area contributed by atoms with Crippen LogP contribution in [0, 0.1) is 0 Å². The number of nitrogens with zero attached hydrogens (tertiary/aromatic N) is 2. The van der Waals surface area contributed by atoms with E-state index in [1.807, 2.05) is 19.4 Å². The molecule has 1 aromatic heterocycles. The van der Waals surface area contributed by atoms with Crippen molar-refractivity contribution in [3.8, 4) is 0 Å². The van der Waals surface area contributed by atoms with Gasteiger partial charge < -0.3 is 9.64 Å². The molecule has 1 saturated heterocycles. The number of methoxy groups -OCH3 is 1. The molecule has 3 aromatic carbocycles. The molecule has 0 aliphatic carbocycles. The molecule has 0 N–H and O–H groups in total. The van der Waals surface area contributed by atoms with Gasteiger partial charge in [-0.25, -0.2) is 0 Å². The molecular formula is C34H38N2O. The van der Waals surface area contributed by atoms with Gasteiger partial charge in [-0.3, -0.25) is 4.98 Å². The van der Waals surface area contributed by atoms with Gasteiger partial charge in [0, 0.05) is 36.4 Å². The fraction of sp³-hybridized carbons (Fsp3) is 0.324. The minimum absolute atomic E-state index is 0.0194. The number of likely N-dealkylation sites (tertiary alicyclic amines) is 1. The van der Waals surface area contributed by atoms with Gasteiger partial charge in [-0.1, -0.05) is 97.1 Å². The van der Waals surface area contributed by atoms with Crippen molar-refractivity contribution >= 4 is 0 Å². The molecule has 2 unspecified atom stereocenters. The third-order valence-electron chi connectivity index (χ3n) is 8.55. The average molecular weight is 491 g/mol. The van der Waals surface area contributed by atoms with Crippen LogP contribution < -0.4 is 0 Å². The smallest absolute Gasteiger partial charge is 0.0652 e. The number of hydrogen-bond acceptors (Lipinski definition) is 3. The van der Waals surface area contributed by atoms with E-state index < -0.39 is 0 Å². The Kier molecular flexibility index (Phi) is 7.83. The van der Waals surface area contributed by atoms with Crippen LogP contribution in [-0.4, -0.2) is 42.7 Å². The Balaban J connectivity index is 1.63. The van der Waals surface area contributed by atoms with Crippen LogP contribution in [0.3, 0.4) is 0 Å². The second-order valence-electron chi connectivity index (χ2n) is 10.3. The monoisotopic (exact) mass is 490 g/mol. The van der Waals surface area contributed by atoms with Crippen molar-refractivity contribution in [3.05, 3.63) is 138 Å². The van der Waals surface area contributed by atoms with Gasteiger partial charge in [-0.15, -0.1) is 0 Å². The molecule has 2 heterocycles. The number of aromatic nitrogens is 1. The molecule has 0 radical (unpaired) electrons. The molecule has 1 fully saturated rings. The quantitative estimate of drug-likeness (QED) is 0.262. The molecule has 0 spiro atoms. The molecular weight excluding hydrogens is 452 g/mol. The van der Waals surface area contributed by atoms with Crippen LogP contribution in [-0.2, 0) is 22.0 Å². The lowest BCUT2D eigenvalue weighted by atomic mass is 9.49. The highest BCUT2D eigenvalue weighted by Gasteiger charge is 2.59. The molecule has 37 heavy (non-hydrogen) atoms. The number of piperidine rings is 1. The van der Waals surface area contributed by atoms with Crippen LogP contribution in [0.5, 0.6) is 0 Å². The maximum absolute atomic E-state index is 6.29. The standard InChI is InChI=1S/C34H38N2O/c1-28(37-2)33(29-15-6-3-7-16-29)23-26-36(25-14-22-32-21-12-13-24-35-32)27-34(33,30-17-8-4-9-18-30)31-19-10-5-11-20-31/h3-13,15-21,24,28H,14,22-23,25-27H2,1-2H3. The van der Waals surface area contributed by atoms with Crippen molar-refractivity contribution in [3.63, 3.8) is 0 Å². The summed E-state index contributed by atoms with van der Waals surface area (Å²) in [6.45, 7) is 5.28. The summed E-state index contributed by atoms with van der Waals surface area (Å²) in [4.78, 5) is 7.22. The van der Waals surface area contributed by atoms with Crippen LogP contribution in [0.4, 0.5) is 0 Å². The summed E-state index contributed by atoms with van der Waals surface area (Å²) in [5, 5.41) is 0. The third-order valence-corrected chi connectivity index (χ3v) is 8.55. The van der Waals surface area contributed by atoms with Crippen molar-refractivity contribution in [2.24, 2.45) is 0 Å². The fourth-order valence-corrected chi connectivity index (χ4v) is 6.75. The fourth-order valence-electron chi connectivity index (χ4n) is 6.75. The first-order valence-electron chi connectivity index (χ1n) is 13.5. The number of pyridine rings is 1.